The lowest BCUT2D eigenvalue weighted by molar-refractivity contribution is 0.596. The Morgan fingerprint density at radius 2 is 2.06 bits per heavy atom. The monoisotopic (exact) mass is 355 g/mol. The van der Waals surface area contributed by atoms with Gasteiger partial charge in [0, 0.05) is 21.4 Å². The number of hydrogen-bond acceptors (Lipinski definition) is 2. The molecule has 1 heterocycles. The van der Waals surface area contributed by atoms with Gasteiger partial charge in [0.15, 0.2) is 0 Å². The molecule has 0 fully saturated rings. The van der Waals surface area contributed by atoms with Gasteiger partial charge in [0.05, 0.1) is 12.7 Å². The molecule has 18 heavy (non-hydrogen) atoms. The molecule has 4 heteroatoms. The van der Waals surface area contributed by atoms with E-state index in [9.17, 15) is 0 Å². The summed E-state index contributed by atoms with van der Waals surface area (Å²) >= 11 is 2.32. The summed E-state index contributed by atoms with van der Waals surface area (Å²) in [4.78, 5) is 0. The minimum absolute atomic E-state index is 0.362. The molecule has 1 unspecified atom stereocenters. The van der Waals surface area contributed by atoms with Crippen molar-refractivity contribution in [3.63, 3.8) is 0 Å². The molecular weight excluding hydrogens is 337 g/mol. The van der Waals surface area contributed by atoms with Crippen LogP contribution in [-0.4, -0.2) is 16.3 Å². The van der Waals surface area contributed by atoms with Gasteiger partial charge < -0.3 is 5.32 Å². The van der Waals surface area contributed by atoms with Gasteiger partial charge in [-0.3, -0.25) is 4.68 Å². The summed E-state index contributed by atoms with van der Waals surface area (Å²) < 4.78 is 3.25. The molecule has 0 spiro atoms. The van der Waals surface area contributed by atoms with Crippen LogP contribution in [0.25, 0.3) is 0 Å². The van der Waals surface area contributed by atoms with Crippen LogP contribution in [0, 0.1) is 3.57 Å². The average molecular weight is 355 g/mol. The first-order valence-electron chi connectivity index (χ1n) is 6.19. The SMILES string of the molecule is CCNC(C)c1cnn(Cc2ccc(I)cc2)c1. The summed E-state index contributed by atoms with van der Waals surface area (Å²) in [6, 6.07) is 8.91. The first-order valence-corrected chi connectivity index (χ1v) is 7.27. The second-order valence-corrected chi connectivity index (χ2v) is 5.62. The lowest BCUT2D eigenvalue weighted by Crippen LogP contribution is -2.17. The van der Waals surface area contributed by atoms with Gasteiger partial charge in [-0.15, -0.1) is 0 Å². The number of aromatic nitrogens is 2. The van der Waals surface area contributed by atoms with Gasteiger partial charge in [-0.1, -0.05) is 19.1 Å². The lowest BCUT2D eigenvalue weighted by atomic mass is 10.2. The maximum Gasteiger partial charge on any atom is 0.0659 e. The number of rotatable bonds is 5. The summed E-state index contributed by atoms with van der Waals surface area (Å²) in [7, 11) is 0. The molecule has 0 amide bonds. The molecule has 0 radical (unpaired) electrons. The van der Waals surface area contributed by atoms with E-state index in [2.05, 4.69) is 77.3 Å². The van der Waals surface area contributed by atoms with Crippen LogP contribution in [0.15, 0.2) is 36.7 Å². The highest BCUT2D eigenvalue weighted by Gasteiger charge is 2.06. The van der Waals surface area contributed by atoms with E-state index in [-0.39, 0.29) is 0 Å². The Labute approximate surface area is 122 Å². The zero-order valence-corrected chi connectivity index (χ0v) is 12.9. The van der Waals surface area contributed by atoms with Crippen LogP contribution in [0.3, 0.4) is 0 Å². The van der Waals surface area contributed by atoms with Crippen molar-refractivity contribution in [2.75, 3.05) is 6.54 Å². The van der Waals surface area contributed by atoms with Crippen LogP contribution < -0.4 is 5.32 Å². The third-order valence-corrected chi connectivity index (χ3v) is 3.64. The molecule has 2 rings (SSSR count). The highest BCUT2D eigenvalue weighted by molar-refractivity contribution is 14.1. The minimum atomic E-state index is 0.362. The number of benzene rings is 1. The molecule has 1 aromatic carbocycles. The molecule has 0 saturated carbocycles. The van der Waals surface area contributed by atoms with E-state index in [1.54, 1.807) is 0 Å². The molecule has 96 valence electrons. The Morgan fingerprint density at radius 3 is 2.72 bits per heavy atom. The van der Waals surface area contributed by atoms with Crippen LogP contribution >= 0.6 is 22.6 Å². The largest absolute Gasteiger partial charge is 0.310 e. The van der Waals surface area contributed by atoms with Crippen LogP contribution in [0.4, 0.5) is 0 Å². The van der Waals surface area contributed by atoms with E-state index in [1.165, 1.54) is 14.7 Å². The molecule has 0 aliphatic carbocycles. The van der Waals surface area contributed by atoms with E-state index in [0.29, 0.717) is 6.04 Å². The van der Waals surface area contributed by atoms with Gasteiger partial charge in [-0.05, 0) is 53.8 Å². The zero-order valence-electron chi connectivity index (χ0n) is 10.7. The normalized spacial score (nSPS) is 12.6. The smallest absolute Gasteiger partial charge is 0.0659 e. The summed E-state index contributed by atoms with van der Waals surface area (Å²) in [5.74, 6) is 0. The van der Waals surface area contributed by atoms with Crippen LogP contribution in [-0.2, 0) is 6.54 Å². The number of hydrogen-bond donors (Lipinski definition) is 1. The average Bonchev–Trinajstić information content (AvgIpc) is 2.81. The molecule has 3 nitrogen and oxygen atoms in total. The molecule has 0 aliphatic heterocycles. The first kappa shape index (κ1) is 13.5. The fourth-order valence-electron chi connectivity index (χ4n) is 1.89. The molecule has 1 atom stereocenters. The predicted molar refractivity (Wildman–Crippen MR) is 82.6 cm³/mol. The number of halogens is 1. The Kier molecular flexibility index (Phi) is 4.77. The van der Waals surface area contributed by atoms with Crippen molar-refractivity contribution in [3.05, 3.63) is 51.4 Å². The van der Waals surface area contributed by atoms with Gasteiger partial charge >= 0.3 is 0 Å². The molecular formula is C14H18IN3. The van der Waals surface area contributed by atoms with E-state index in [1.807, 2.05) is 10.9 Å². The van der Waals surface area contributed by atoms with Crippen molar-refractivity contribution >= 4 is 22.6 Å². The third kappa shape index (κ3) is 3.55. The standard InChI is InChI=1S/C14H18IN3/c1-3-16-11(2)13-8-17-18(10-13)9-12-4-6-14(15)7-5-12/h4-8,10-11,16H,3,9H2,1-2H3. The van der Waals surface area contributed by atoms with Crippen molar-refractivity contribution in [2.24, 2.45) is 0 Å². The van der Waals surface area contributed by atoms with Crippen LogP contribution in [0.5, 0.6) is 0 Å². The van der Waals surface area contributed by atoms with E-state index < -0.39 is 0 Å². The Morgan fingerprint density at radius 1 is 1.33 bits per heavy atom. The fraction of sp³-hybridized carbons (Fsp3) is 0.357. The number of nitrogens with zero attached hydrogens (tertiary/aromatic N) is 2. The van der Waals surface area contributed by atoms with Crippen LogP contribution in [0.2, 0.25) is 0 Å². The molecule has 0 saturated heterocycles. The second-order valence-electron chi connectivity index (χ2n) is 4.38. The first-order chi connectivity index (χ1) is 8.69. The Balaban J connectivity index is 2.04. The fourth-order valence-corrected chi connectivity index (χ4v) is 2.25. The van der Waals surface area contributed by atoms with Crippen molar-refractivity contribution in [1.82, 2.24) is 15.1 Å². The maximum absolute atomic E-state index is 4.41. The maximum atomic E-state index is 4.41. The zero-order chi connectivity index (χ0) is 13.0. The Hall–Kier alpha value is -0.880. The van der Waals surface area contributed by atoms with Gasteiger partial charge in [0.2, 0.25) is 0 Å². The lowest BCUT2D eigenvalue weighted by Gasteiger charge is -2.08. The van der Waals surface area contributed by atoms with E-state index in [4.69, 9.17) is 0 Å². The summed E-state index contributed by atoms with van der Waals surface area (Å²) in [5.41, 5.74) is 2.52. The van der Waals surface area contributed by atoms with Gasteiger partial charge in [-0.2, -0.15) is 5.10 Å². The molecule has 0 aliphatic rings. The molecule has 2 aromatic rings. The Bertz CT molecular complexity index is 490. The van der Waals surface area contributed by atoms with Crippen molar-refractivity contribution < 1.29 is 0 Å². The number of nitrogens with one attached hydrogen (secondary N) is 1. The van der Waals surface area contributed by atoms with Crippen molar-refractivity contribution in [1.29, 1.82) is 0 Å². The summed E-state index contributed by atoms with van der Waals surface area (Å²) in [5, 5.41) is 7.80. The molecule has 1 N–H and O–H groups in total. The third-order valence-electron chi connectivity index (χ3n) is 2.92. The van der Waals surface area contributed by atoms with Crippen molar-refractivity contribution in [3.8, 4) is 0 Å². The van der Waals surface area contributed by atoms with Crippen molar-refractivity contribution in [2.45, 2.75) is 26.4 Å². The highest BCUT2D eigenvalue weighted by atomic mass is 127. The van der Waals surface area contributed by atoms with Gasteiger partial charge in [-0.25, -0.2) is 0 Å². The van der Waals surface area contributed by atoms with Gasteiger partial charge in [0.1, 0.15) is 0 Å². The summed E-state index contributed by atoms with van der Waals surface area (Å²) in [6.07, 6.45) is 4.06. The van der Waals surface area contributed by atoms with Crippen LogP contribution in [0.1, 0.15) is 31.0 Å². The molecule has 0 bridgehead atoms. The topological polar surface area (TPSA) is 29.9 Å². The van der Waals surface area contributed by atoms with E-state index in [0.717, 1.165) is 13.1 Å². The molecule has 1 aromatic heterocycles. The minimum Gasteiger partial charge on any atom is -0.310 e. The van der Waals surface area contributed by atoms with E-state index >= 15 is 0 Å². The van der Waals surface area contributed by atoms with Gasteiger partial charge in [0.25, 0.3) is 0 Å². The predicted octanol–water partition coefficient (Wildman–Crippen LogP) is 3.21. The highest BCUT2D eigenvalue weighted by Crippen LogP contribution is 2.12. The second kappa shape index (κ2) is 6.33. The summed E-state index contributed by atoms with van der Waals surface area (Å²) in [6.45, 7) is 6.08. The quantitative estimate of drug-likeness (QED) is 0.835.